The van der Waals surface area contributed by atoms with E-state index in [2.05, 4.69) is 4.74 Å². The zero-order valence-corrected chi connectivity index (χ0v) is 29.9. The van der Waals surface area contributed by atoms with Crippen molar-refractivity contribution in [3.8, 4) is 5.75 Å². The van der Waals surface area contributed by atoms with Gasteiger partial charge in [0.05, 0.1) is 137 Å². The number of carbonyl (C=O) groups is 1. The first kappa shape index (κ1) is 46.3. The fourth-order valence-electron chi connectivity index (χ4n) is 3.71. The minimum Gasteiger partial charge on any atom is -0.420 e. The monoisotopic (exact) mass is 792 g/mol. The van der Waals surface area contributed by atoms with Crippen LogP contribution in [0.15, 0.2) is 35.2 Å². The molecule has 53 heavy (non-hydrogen) atoms. The number of esters is 1. The van der Waals surface area contributed by atoms with E-state index in [1.165, 1.54) is 12.1 Å². The lowest BCUT2D eigenvalue weighted by Gasteiger charge is -2.09. The predicted molar refractivity (Wildman–Crippen MR) is 173 cm³/mol. The molecule has 0 atom stereocenters. The first-order chi connectivity index (χ1) is 25.6. The molecule has 0 fully saturated rings. The first-order valence-electron chi connectivity index (χ1n) is 16.5. The Kier molecular flexibility index (Phi) is 24.9. The van der Waals surface area contributed by atoms with Gasteiger partial charge in [0.15, 0.2) is 0 Å². The molecule has 0 bridgehead atoms. The predicted octanol–water partition coefficient (Wildman–Crippen LogP) is 3.23. The average molecular weight is 793 g/mol. The van der Waals surface area contributed by atoms with Crippen LogP contribution in [0.1, 0.15) is 6.42 Å². The van der Waals surface area contributed by atoms with Crippen LogP contribution in [0.2, 0.25) is 0 Å². The van der Waals surface area contributed by atoms with Gasteiger partial charge in [-0.3, -0.25) is 8.98 Å². The van der Waals surface area contributed by atoms with Crippen LogP contribution in [0, 0.1) is 29.1 Å². The van der Waals surface area contributed by atoms with E-state index in [0.29, 0.717) is 85.9 Å². The topological polar surface area (TPSA) is 153 Å². The number of hydrogen-bond donors (Lipinski definition) is 0. The molecule has 0 aliphatic rings. The molecule has 0 aromatic heterocycles. The van der Waals surface area contributed by atoms with Gasteiger partial charge in [-0.15, -0.1) is 0 Å². The van der Waals surface area contributed by atoms with Gasteiger partial charge in [0, 0.05) is 0 Å². The number of rotatable bonds is 33. The highest BCUT2D eigenvalue weighted by Gasteiger charge is 2.28. The minimum absolute atomic E-state index is 0.0691. The summed E-state index contributed by atoms with van der Waals surface area (Å²) in [6.45, 7) is 5.03. The molecule has 0 N–H and O–H groups in total. The molecular weight excluding hydrogens is 747 g/mol. The fourth-order valence-corrected chi connectivity index (χ4v) is 4.63. The van der Waals surface area contributed by atoms with Gasteiger partial charge in [0.2, 0.25) is 34.8 Å². The molecule has 0 saturated carbocycles. The molecule has 0 saturated heterocycles. The molecule has 0 unspecified atom stereocenters. The highest BCUT2D eigenvalue weighted by molar-refractivity contribution is 7.86. The molecular formula is C33H45F5O14S. The van der Waals surface area contributed by atoms with Gasteiger partial charge in [0.25, 0.3) is 10.1 Å². The standard InChI is InChI=1S/C33H45F5O14S/c34-28-29(35)31(37)33(32(38)30(28)36)52-27(39)6-7-42-8-9-43-10-11-44-12-13-45-14-15-46-16-17-47-18-19-48-20-21-49-22-23-50-24-25-51-53(40,41)26-4-2-1-3-5-26/h1-5H,6-25H2. The van der Waals surface area contributed by atoms with Crippen LogP contribution in [0.3, 0.4) is 0 Å². The Morgan fingerprint density at radius 3 is 1.09 bits per heavy atom. The molecule has 0 radical (unpaired) electrons. The Labute approximate surface area is 304 Å². The lowest BCUT2D eigenvalue weighted by molar-refractivity contribution is -0.136. The van der Waals surface area contributed by atoms with E-state index in [1.807, 2.05) is 0 Å². The van der Waals surface area contributed by atoms with Gasteiger partial charge in [0.1, 0.15) is 0 Å². The average Bonchev–Trinajstić information content (AvgIpc) is 3.16. The summed E-state index contributed by atoms with van der Waals surface area (Å²) in [5, 5.41) is 0. The fraction of sp³-hybridized carbons (Fsp3) is 0.606. The Morgan fingerprint density at radius 1 is 0.434 bits per heavy atom. The third-order valence-corrected chi connectivity index (χ3v) is 7.64. The Morgan fingerprint density at radius 2 is 0.736 bits per heavy atom. The van der Waals surface area contributed by atoms with Crippen LogP contribution in [-0.4, -0.2) is 140 Å². The maximum Gasteiger partial charge on any atom is 0.313 e. The van der Waals surface area contributed by atoms with Crippen LogP contribution in [-0.2, 0) is 61.7 Å². The van der Waals surface area contributed by atoms with Gasteiger partial charge in [-0.25, -0.2) is 13.2 Å². The number of ether oxygens (including phenoxy) is 10. The van der Waals surface area contributed by atoms with Crippen molar-refractivity contribution < 1.29 is 86.7 Å². The second-order valence-corrected chi connectivity index (χ2v) is 11.8. The van der Waals surface area contributed by atoms with Crippen molar-refractivity contribution >= 4 is 16.1 Å². The second kappa shape index (κ2) is 28.5. The molecule has 0 amide bonds. The quantitative estimate of drug-likeness (QED) is 0.0198. The maximum absolute atomic E-state index is 13.5. The number of hydrogen-bond acceptors (Lipinski definition) is 14. The lowest BCUT2D eigenvalue weighted by atomic mass is 10.2. The van der Waals surface area contributed by atoms with Crippen LogP contribution in [0.25, 0.3) is 0 Å². The number of benzene rings is 2. The molecule has 2 aromatic carbocycles. The third-order valence-electron chi connectivity index (χ3n) is 6.31. The summed E-state index contributed by atoms with van der Waals surface area (Å²) in [5.74, 6) is -14.2. The van der Waals surface area contributed by atoms with E-state index >= 15 is 0 Å². The van der Waals surface area contributed by atoms with Gasteiger partial charge < -0.3 is 47.4 Å². The highest BCUT2D eigenvalue weighted by atomic mass is 32.2. The van der Waals surface area contributed by atoms with E-state index < -0.39 is 57.3 Å². The second-order valence-electron chi connectivity index (χ2n) is 10.2. The van der Waals surface area contributed by atoms with Crippen molar-refractivity contribution in [2.75, 3.05) is 126 Å². The van der Waals surface area contributed by atoms with E-state index in [4.69, 9.17) is 46.8 Å². The Balaban J connectivity index is 1.23. The number of halogens is 5. The minimum atomic E-state index is -3.79. The van der Waals surface area contributed by atoms with Crippen LogP contribution in [0.5, 0.6) is 5.75 Å². The molecule has 0 aliphatic carbocycles. The first-order valence-corrected chi connectivity index (χ1v) is 17.9. The zero-order valence-electron chi connectivity index (χ0n) is 29.0. The summed E-state index contributed by atoms with van der Waals surface area (Å²) in [5.41, 5.74) is 0. The van der Waals surface area contributed by atoms with Crippen molar-refractivity contribution in [3.05, 3.63) is 59.4 Å². The highest BCUT2D eigenvalue weighted by Crippen LogP contribution is 2.29. The summed E-state index contributed by atoms with van der Waals surface area (Å²) in [6.07, 6.45) is -0.496. The molecule has 0 heterocycles. The van der Waals surface area contributed by atoms with Gasteiger partial charge in [-0.1, -0.05) is 18.2 Å². The smallest absolute Gasteiger partial charge is 0.313 e. The third kappa shape index (κ3) is 20.4. The van der Waals surface area contributed by atoms with Gasteiger partial charge in [-0.05, 0) is 12.1 Å². The summed E-state index contributed by atoms with van der Waals surface area (Å²) in [7, 11) is -3.79. The lowest BCUT2D eigenvalue weighted by Crippen LogP contribution is -2.16. The summed E-state index contributed by atoms with van der Waals surface area (Å²) in [4.78, 5) is 11.7. The van der Waals surface area contributed by atoms with Crippen molar-refractivity contribution in [3.63, 3.8) is 0 Å². The van der Waals surface area contributed by atoms with Crippen molar-refractivity contribution in [2.24, 2.45) is 0 Å². The molecule has 20 heteroatoms. The molecule has 302 valence electrons. The number of carbonyl (C=O) groups excluding carboxylic acids is 1. The van der Waals surface area contributed by atoms with Crippen molar-refractivity contribution in [2.45, 2.75) is 11.3 Å². The normalized spacial score (nSPS) is 11.7. The molecule has 2 rings (SSSR count). The van der Waals surface area contributed by atoms with Gasteiger partial charge in [-0.2, -0.15) is 17.2 Å². The summed E-state index contributed by atoms with van der Waals surface area (Å²) >= 11 is 0. The Bertz CT molecular complexity index is 1360. The largest absolute Gasteiger partial charge is 0.420 e. The summed E-state index contributed by atoms with van der Waals surface area (Å²) < 4.78 is 148. The van der Waals surface area contributed by atoms with Crippen LogP contribution >= 0.6 is 0 Å². The van der Waals surface area contributed by atoms with E-state index in [9.17, 15) is 35.2 Å². The van der Waals surface area contributed by atoms with E-state index in [1.54, 1.807) is 18.2 Å². The zero-order chi connectivity index (χ0) is 38.6. The maximum atomic E-state index is 13.5. The van der Waals surface area contributed by atoms with E-state index in [0.717, 1.165) is 0 Å². The van der Waals surface area contributed by atoms with E-state index in [-0.39, 0.29) is 44.5 Å². The van der Waals surface area contributed by atoms with Crippen molar-refractivity contribution in [1.82, 2.24) is 0 Å². The summed E-state index contributed by atoms with van der Waals surface area (Å²) in [6, 6.07) is 7.87. The van der Waals surface area contributed by atoms with Crippen LogP contribution in [0.4, 0.5) is 22.0 Å². The molecule has 2 aromatic rings. The molecule has 14 nitrogen and oxygen atoms in total. The van der Waals surface area contributed by atoms with Gasteiger partial charge >= 0.3 is 5.97 Å². The Hall–Kier alpha value is -2.89. The SMILES string of the molecule is O=C(CCOCCOCCOCCOCCOCCOCCOCCOCCOCCOS(=O)(=O)c1ccccc1)Oc1c(F)c(F)c(F)c(F)c1F. The van der Waals surface area contributed by atoms with Crippen LogP contribution < -0.4 is 4.74 Å². The van der Waals surface area contributed by atoms with Crippen molar-refractivity contribution in [1.29, 1.82) is 0 Å². The molecule has 0 aliphatic heterocycles. The molecule has 0 spiro atoms.